The number of carbonyl (C=O) groups is 1. The van der Waals surface area contributed by atoms with Crippen LogP contribution in [-0.2, 0) is 6.54 Å². The van der Waals surface area contributed by atoms with Crippen LogP contribution in [0.1, 0.15) is 34.0 Å². The second kappa shape index (κ2) is 9.50. The summed E-state index contributed by atoms with van der Waals surface area (Å²) in [6.45, 7) is 4.92. The van der Waals surface area contributed by atoms with Crippen LogP contribution in [0.4, 0.5) is 0 Å². The maximum atomic E-state index is 12.7. The molecule has 0 spiro atoms. The number of pyridine rings is 1. The summed E-state index contributed by atoms with van der Waals surface area (Å²) in [5, 5.41) is 3.95. The van der Waals surface area contributed by atoms with Gasteiger partial charge >= 0.3 is 0 Å². The summed E-state index contributed by atoms with van der Waals surface area (Å²) >= 11 is 0. The molecule has 0 aliphatic rings. The van der Waals surface area contributed by atoms with Crippen molar-refractivity contribution in [3.8, 4) is 5.75 Å². The van der Waals surface area contributed by atoms with Gasteiger partial charge < -0.3 is 9.30 Å². The van der Waals surface area contributed by atoms with Gasteiger partial charge in [0, 0.05) is 6.20 Å². The van der Waals surface area contributed by atoms with Crippen LogP contribution in [0.15, 0.2) is 76.8 Å². The van der Waals surface area contributed by atoms with Gasteiger partial charge in [0.05, 0.1) is 19.4 Å². The minimum absolute atomic E-state index is 0.0454. The monoisotopic (exact) mass is 389 g/mol. The Hall–Kier alpha value is -3.67. The van der Waals surface area contributed by atoms with Crippen molar-refractivity contribution >= 4 is 12.1 Å². The van der Waals surface area contributed by atoms with Crippen LogP contribution in [-0.4, -0.2) is 23.3 Å². The summed E-state index contributed by atoms with van der Waals surface area (Å²) in [6, 6.07) is 18.4. The van der Waals surface area contributed by atoms with Crippen LogP contribution in [0.3, 0.4) is 0 Å². The van der Waals surface area contributed by atoms with Crippen molar-refractivity contribution in [3.05, 3.63) is 99.5 Å². The van der Waals surface area contributed by atoms with Crippen LogP contribution in [0.5, 0.6) is 5.75 Å². The predicted molar refractivity (Wildman–Crippen MR) is 114 cm³/mol. The SMILES string of the molecule is CCOc1ccc(/C=N\NC(=O)c2cccn(Cc3cccc(C)c3)c2=O)cc1. The number of amides is 1. The molecule has 0 aliphatic heterocycles. The Balaban J connectivity index is 1.68. The lowest BCUT2D eigenvalue weighted by Gasteiger charge is -2.08. The molecule has 1 N–H and O–H groups in total. The highest BCUT2D eigenvalue weighted by molar-refractivity contribution is 5.94. The molecule has 3 rings (SSSR count). The molecular weight excluding hydrogens is 366 g/mol. The smallest absolute Gasteiger partial charge is 0.276 e. The van der Waals surface area contributed by atoms with Crippen molar-refractivity contribution in [3.63, 3.8) is 0 Å². The van der Waals surface area contributed by atoms with Crippen molar-refractivity contribution in [1.29, 1.82) is 0 Å². The van der Waals surface area contributed by atoms with Crippen LogP contribution < -0.4 is 15.7 Å². The Morgan fingerprint density at radius 1 is 1.14 bits per heavy atom. The third-order valence-electron chi connectivity index (χ3n) is 4.27. The van der Waals surface area contributed by atoms with Gasteiger partial charge in [-0.3, -0.25) is 9.59 Å². The van der Waals surface area contributed by atoms with Crippen molar-refractivity contribution in [2.75, 3.05) is 6.61 Å². The van der Waals surface area contributed by atoms with Crippen molar-refractivity contribution < 1.29 is 9.53 Å². The van der Waals surface area contributed by atoms with E-state index in [2.05, 4.69) is 10.5 Å². The van der Waals surface area contributed by atoms with Crippen LogP contribution >= 0.6 is 0 Å². The van der Waals surface area contributed by atoms with Gasteiger partial charge in [-0.15, -0.1) is 0 Å². The number of hydrogen-bond acceptors (Lipinski definition) is 4. The van der Waals surface area contributed by atoms with Crippen molar-refractivity contribution in [2.45, 2.75) is 20.4 Å². The number of aromatic nitrogens is 1. The summed E-state index contributed by atoms with van der Waals surface area (Å²) in [5.74, 6) is 0.225. The lowest BCUT2D eigenvalue weighted by Crippen LogP contribution is -2.30. The summed E-state index contributed by atoms with van der Waals surface area (Å²) in [4.78, 5) is 25.1. The molecule has 0 aliphatic carbocycles. The quantitative estimate of drug-likeness (QED) is 0.497. The number of nitrogens with one attached hydrogen (secondary N) is 1. The zero-order valence-electron chi connectivity index (χ0n) is 16.5. The second-order valence-electron chi connectivity index (χ2n) is 6.55. The fraction of sp³-hybridized carbons (Fsp3) is 0.174. The summed E-state index contributed by atoms with van der Waals surface area (Å²) in [5.41, 5.74) is 5.02. The lowest BCUT2D eigenvalue weighted by atomic mass is 10.1. The Morgan fingerprint density at radius 2 is 1.93 bits per heavy atom. The van der Waals surface area contributed by atoms with E-state index >= 15 is 0 Å². The number of aryl methyl sites for hydroxylation is 1. The van der Waals surface area contributed by atoms with Crippen LogP contribution in [0, 0.1) is 6.92 Å². The minimum atomic E-state index is -0.546. The first-order valence-electron chi connectivity index (χ1n) is 9.38. The van der Waals surface area contributed by atoms with Crippen molar-refractivity contribution in [1.82, 2.24) is 9.99 Å². The van der Waals surface area contributed by atoms with E-state index in [1.807, 2.05) is 62.4 Å². The molecule has 0 saturated heterocycles. The standard InChI is InChI=1S/C23H23N3O3/c1-3-29-20-11-9-18(10-12-20)15-24-25-22(27)21-8-5-13-26(23(21)28)16-19-7-4-6-17(2)14-19/h4-15H,3,16H2,1-2H3,(H,25,27)/b24-15-. The molecule has 0 fully saturated rings. The molecule has 148 valence electrons. The Morgan fingerprint density at radius 3 is 2.66 bits per heavy atom. The third kappa shape index (κ3) is 5.42. The molecule has 3 aromatic rings. The summed E-state index contributed by atoms with van der Waals surface area (Å²) in [7, 11) is 0. The molecule has 0 radical (unpaired) electrons. The van der Waals surface area contributed by atoms with E-state index < -0.39 is 5.91 Å². The van der Waals surface area contributed by atoms with Gasteiger partial charge in [-0.05, 0) is 61.4 Å². The largest absolute Gasteiger partial charge is 0.494 e. The first-order chi connectivity index (χ1) is 14.1. The Bertz CT molecular complexity index is 1070. The Labute approximate surface area is 169 Å². The molecule has 1 heterocycles. The zero-order valence-corrected chi connectivity index (χ0v) is 16.5. The number of rotatable bonds is 7. The number of carbonyl (C=O) groups excluding carboxylic acids is 1. The number of benzene rings is 2. The molecule has 29 heavy (non-hydrogen) atoms. The fourth-order valence-electron chi connectivity index (χ4n) is 2.88. The molecule has 0 bridgehead atoms. The molecule has 2 aromatic carbocycles. The number of ether oxygens (including phenoxy) is 1. The van der Waals surface area contributed by atoms with Gasteiger partial charge in [-0.1, -0.05) is 29.8 Å². The molecule has 1 aromatic heterocycles. The zero-order chi connectivity index (χ0) is 20.6. The maximum Gasteiger partial charge on any atom is 0.276 e. The molecule has 6 nitrogen and oxygen atoms in total. The molecule has 0 unspecified atom stereocenters. The minimum Gasteiger partial charge on any atom is -0.494 e. The van der Waals surface area contributed by atoms with E-state index in [-0.39, 0.29) is 11.1 Å². The molecule has 0 saturated carbocycles. The number of hydrogen-bond donors (Lipinski definition) is 1. The van der Waals surface area contributed by atoms with Crippen LogP contribution in [0.2, 0.25) is 0 Å². The third-order valence-corrected chi connectivity index (χ3v) is 4.27. The van der Waals surface area contributed by atoms with Gasteiger partial charge in [0.2, 0.25) is 0 Å². The van der Waals surface area contributed by atoms with E-state index in [0.29, 0.717) is 13.2 Å². The highest BCUT2D eigenvalue weighted by Gasteiger charge is 2.11. The van der Waals surface area contributed by atoms with Gasteiger partial charge in [0.25, 0.3) is 11.5 Å². The van der Waals surface area contributed by atoms with Crippen LogP contribution in [0.25, 0.3) is 0 Å². The van der Waals surface area contributed by atoms with E-state index in [0.717, 1.165) is 22.4 Å². The molecular formula is C23H23N3O3. The fourth-order valence-corrected chi connectivity index (χ4v) is 2.88. The molecule has 0 atom stereocenters. The lowest BCUT2D eigenvalue weighted by molar-refractivity contribution is 0.0953. The summed E-state index contributed by atoms with van der Waals surface area (Å²) < 4.78 is 6.90. The van der Waals surface area contributed by atoms with E-state index in [1.165, 1.54) is 16.8 Å². The molecule has 1 amide bonds. The topological polar surface area (TPSA) is 72.7 Å². The second-order valence-corrected chi connectivity index (χ2v) is 6.55. The van der Waals surface area contributed by atoms with E-state index in [1.54, 1.807) is 12.3 Å². The van der Waals surface area contributed by atoms with Gasteiger partial charge in [-0.25, -0.2) is 5.43 Å². The van der Waals surface area contributed by atoms with E-state index in [4.69, 9.17) is 4.74 Å². The predicted octanol–water partition coefficient (Wildman–Crippen LogP) is 3.37. The normalized spacial score (nSPS) is 10.8. The van der Waals surface area contributed by atoms with Gasteiger partial charge in [-0.2, -0.15) is 5.10 Å². The van der Waals surface area contributed by atoms with E-state index in [9.17, 15) is 9.59 Å². The Kier molecular flexibility index (Phi) is 6.58. The van der Waals surface area contributed by atoms with Gasteiger partial charge in [0.1, 0.15) is 11.3 Å². The average Bonchev–Trinajstić information content (AvgIpc) is 2.71. The first-order valence-corrected chi connectivity index (χ1v) is 9.38. The highest BCUT2D eigenvalue weighted by Crippen LogP contribution is 2.10. The first kappa shape index (κ1) is 20.1. The maximum absolute atomic E-state index is 12.7. The molecule has 6 heteroatoms. The average molecular weight is 389 g/mol. The highest BCUT2D eigenvalue weighted by atomic mass is 16.5. The number of nitrogens with zero attached hydrogens (tertiary/aromatic N) is 2. The van der Waals surface area contributed by atoms with Crippen molar-refractivity contribution in [2.24, 2.45) is 5.10 Å². The summed E-state index contributed by atoms with van der Waals surface area (Å²) in [6.07, 6.45) is 3.19. The number of hydrazone groups is 1. The van der Waals surface area contributed by atoms with Gasteiger partial charge in [0.15, 0.2) is 0 Å².